The average Bonchev–Trinajstić information content (AvgIpc) is 2.20. The molecule has 1 aromatic carbocycles. The van der Waals surface area contributed by atoms with Crippen molar-refractivity contribution in [3.63, 3.8) is 0 Å². The van der Waals surface area contributed by atoms with E-state index in [0.717, 1.165) is 11.1 Å². The second-order valence-electron chi connectivity index (χ2n) is 2.84. The van der Waals surface area contributed by atoms with Crippen LogP contribution in [-0.4, -0.2) is 4.98 Å². The molecular weight excluding hydrogens is 231 g/mol. The Balaban J connectivity index is 0.000000980. The van der Waals surface area contributed by atoms with Gasteiger partial charge in [-0.25, -0.2) is 4.98 Å². The molecule has 0 unspecified atom stereocenters. The van der Waals surface area contributed by atoms with E-state index in [0.29, 0.717) is 5.82 Å². The van der Waals surface area contributed by atoms with E-state index < -0.39 is 0 Å². The normalized spacial score (nSPS) is 8.53. The van der Waals surface area contributed by atoms with Crippen LogP contribution < -0.4 is 5.73 Å². The van der Waals surface area contributed by atoms with Crippen LogP contribution in [0.1, 0.15) is 0 Å². The van der Waals surface area contributed by atoms with Gasteiger partial charge in [-0.1, -0.05) is 30.3 Å². The number of nitrogens with zero attached hydrogens (tertiary/aromatic N) is 1. The Hall–Kier alpha value is -1.25. The van der Waals surface area contributed by atoms with Gasteiger partial charge in [0.05, 0.1) is 0 Å². The number of hydrogen-bond acceptors (Lipinski definition) is 2. The predicted octanol–water partition coefficient (Wildman–Crippen LogP) is 3.17. The van der Waals surface area contributed by atoms with Crippen molar-refractivity contribution in [3.8, 4) is 11.1 Å². The highest BCUT2D eigenvalue weighted by atomic mass is 35.5. The quantitative estimate of drug-likeness (QED) is 0.835. The molecule has 2 aromatic rings. The first-order valence-electron chi connectivity index (χ1n) is 4.13. The molecule has 0 aliphatic carbocycles. The van der Waals surface area contributed by atoms with Gasteiger partial charge in [-0.15, -0.1) is 24.8 Å². The zero-order chi connectivity index (χ0) is 9.10. The molecule has 1 heterocycles. The molecule has 0 atom stereocenters. The molecule has 0 saturated carbocycles. The van der Waals surface area contributed by atoms with E-state index in [1.54, 1.807) is 6.20 Å². The van der Waals surface area contributed by atoms with Gasteiger partial charge >= 0.3 is 0 Å². The second kappa shape index (κ2) is 6.27. The molecular formula is C11H12Cl2N2. The molecule has 0 fully saturated rings. The van der Waals surface area contributed by atoms with Gasteiger partial charge in [-0.2, -0.15) is 0 Å². The summed E-state index contributed by atoms with van der Waals surface area (Å²) in [6.07, 6.45) is 1.78. The number of anilines is 1. The van der Waals surface area contributed by atoms with Gasteiger partial charge in [-0.05, 0) is 17.7 Å². The van der Waals surface area contributed by atoms with E-state index in [9.17, 15) is 0 Å². The molecule has 2 N–H and O–H groups in total. The van der Waals surface area contributed by atoms with Gasteiger partial charge in [0.2, 0.25) is 0 Å². The van der Waals surface area contributed by atoms with E-state index in [-0.39, 0.29) is 24.8 Å². The summed E-state index contributed by atoms with van der Waals surface area (Å²) in [5.74, 6) is 0.555. The van der Waals surface area contributed by atoms with Gasteiger partial charge < -0.3 is 5.73 Å². The monoisotopic (exact) mass is 242 g/mol. The van der Waals surface area contributed by atoms with Crippen LogP contribution in [0.15, 0.2) is 48.7 Å². The summed E-state index contributed by atoms with van der Waals surface area (Å²) in [6.45, 7) is 0. The SMILES string of the molecule is Cl.Cl.Nc1ccc(-c2ccccc2)cn1. The fourth-order valence-corrected chi connectivity index (χ4v) is 1.21. The lowest BCUT2D eigenvalue weighted by molar-refractivity contribution is 1.34. The molecule has 4 heteroatoms. The van der Waals surface area contributed by atoms with Gasteiger partial charge in [0.25, 0.3) is 0 Å². The van der Waals surface area contributed by atoms with Crippen LogP contribution in [0.5, 0.6) is 0 Å². The predicted molar refractivity (Wildman–Crippen MR) is 68.6 cm³/mol. The van der Waals surface area contributed by atoms with Crippen molar-refractivity contribution < 1.29 is 0 Å². The Bertz CT molecular complexity index is 387. The Morgan fingerprint density at radius 1 is 0.800 bits per heavy atom. The second-order valence-corrected chi connectivity index (χ2v) is 2.84. The van der Waals surface area contributed by atoms with Gasteiger partial charge in [0, 0.05) is 11.8 Å². The molecule has 0 radical (unpaired) electrons. The Labute approximate surface area is 101 Å². The summed E-state index contributed by atoms with van der Waals surface area (Å²) >= 11 is 0. The summed E-state index contributed by atoms with van der Waals surface area (Å²) in [6, 6.07) is 13.9. The molecule has 2 nitrogen and oxygen atoms in total. The molecule has 0 bridgehead atoms. The fourth-order valence-electron chi connectivity index (χ4n) is 1.21. The van der Waals surface area contributed by atoms with Gasteiger partial charge in [0.15, 0.2) is 0 Å². The molecule has 0 spiro atoms. The van der Waals surface area contributed by atoms with Crippen LogP contribution in [0.3, 0.4) is 0 Å². The van der Waals surface area contributed by atoms with E-state index >= 15 is 0 Å². The first-order valence-corrected chi connectivity index (χ1v) is 4.13. The van der Waals surface area contributed by atoms with Gasteiger partial charge in [0.1, 0.15) is 5.82 Å². The summed E-state index contributed by atoms with van der Waals surface area (Å²) in [4.78, 5) is 4.03. The lowest BCUT2D eigenvalue weighted by Crippen LogP contribution is -1.88. The van der Waals surface area contributed by atoms with Crippen molar-refractivity contribution >= 4 is 30.6 Å². The molecule has 0 aliphatic heterocycles. The minimum absolute atomic E-state index is 0. The zero-order valence-electron chi connectivity index (χ0n) is 7.96. The highest BCUT2D eigenvalue weighted by Gasteiger charge is 1.95. The standard InChI is InChI=1S/C11H10N2.2ClH/c12-11-7-6-10(8-13-11)9-4-2-1-3-5-9;;/h1-8H,(H2,12,13);2*1H. The lowest BCUT2D eigenvalue weighted by Gasteiger charge is -1.99. The third-order valence-electron chi connectivity index (χ3n) is 1.89. The maximum Gasteiger partial charge on any atom is 0.123 e. The van der Waals surface area contributed by atoms with Crippen molar-refractivity contribution in [2.45, 2.75) is 0 Å². The van der Waals surface area contributed by atoms with Crippen molar-refractivity contribution in [3.05, 3.63) is 48.7 Å². The smallest absolute Gasteiger partial charge is 0.123 e. The van der Waals surface area contributed by atoms with E-state index in [4.69, 9.17) is 5.73 Å². The summed E-state index contributed by atoms with van der Waals surface area (Å²) in [5, 5.41) is 0. The maximum atomic E-state index is 5.49. The highest BCUT2D eigenvalue weighted by molar-refractivity contribution is 5.85. The van der Waals surface area contributed by atoms with E-state index in [2.05, 4.69) is 4.98 Å². The molecule has 0 amide bonds. The number of nitrogens with two attached hydrogens (primary N) is 1. The molecule has 1 aromatic heterocycles. The number of aromatic nitrogens is 1. The van der Waals surface area contributed by atoms with Crippen molar-refractivity contribution in [1.29, 1.82) is 0 Å². The number of benzene rings is 1. The minimum atomic E-state index is 0. The summed E-state index contributed by atoms with van der Waals surface area (Å²) in [5.41, 5.74) is 7.75. The average molecular weight is 243 g/mol. The summed E-state index contributed by atoms with van der Waals surface area (Å²) in [7, 11) is 0. The maximum absolute atomic E-state index is 5.49. The largest absolute Gasteiger partial charge is 0.384 e. The number of nitrogen functional groups attached to an aromatic ring is 1. The van der Waals surface area contributed by atoms with Crippen LogP contribution in [0.25, 0.3) is 11.1 Å². The highest BCUT2D eigenvalue weighted by Crippen LogP contribution is 2.17. The van der Waals surface area contributed by atoms with E-state index in [1.165, 1.54) is 0 Å². The summed E-state index contributed by atoms with van der Waals surface area (Å²) < 4.78 is 0. The van der Waals surface area contributed by atoms with Crippen molar-refractivity contribution in [1.82, 2.24) is 4.98 Å². The topological polar surface area (TPSA) is 38.9 Å². The number of hydrogen-bond donors (Lipinski definition) is 1. The minimum Gasteiger partial charge on any atom is -0.384 e. The van der Waals surface area contributed by atoms with Crippen LogP contribution in [0.4, 0.5) is 5.82 Å². The lowest BCUT2D eigenvalue weighted by atomic mass is 10.1. The van der Waals surface area contributed by atoms with Crippen LogP contribution >= 0.6 is 24.8 Å². The molecule has 0 saturated heterocycles. The third kappa shape index (κ3) is 3.42. The zero-order valence-corrected chi connectivity index (χ0v) is 9.59. The molecule has 15 heavy (non-hydrogen) atoms. The Morgan fingerprint density at radius 3 is 2.00 bits per heavy atom. The van der Waals surface area contributed by atoms with Crippen LogP contribution in [-0.2, 0) is 0 Å². The number of pyridine rings is 1. The third-order valence-corrected chi connectivity index (χ3v) is 1.89. The van der Waals surface area contributed by atoms with Crippen LogP contribution in [0.2, 0.25) is 0 Å². The van der Waals surface area contributed by atoms with Crippen molar-refractivity contribution in [2.75, 3.05) is 5.73 Å². The van der Waals surface area contributed by atoms with Crippen molar-refractivity contribution in [2.24, 2.45) is 0 Å². The molecule has 0 aliphatic rings. The first kappa shape index (κ1) is 13.8. The first-order chi connectivity index (χ1) is 6.36. The van der Waals surface area contributed by atoms with Crippen LogP contribution in [0, 0.1) is 0 Å². The molecule has 2 rings (SSSR count). The number of rotatable bonds is 1. The Morgan fingerprint density at radius 2 is 1.47 bits per heavy atom. The molecule has 80 valence electrons. The fraction of sp³-hybridized carbons (Fsp3) is 0. The van der Waals surface area contributed by atoms with Gasteiger partial charge in [-0.3, -0.25) is 0 Å². The number of halogens is 2. The Kier molecular flexibility index (Phi) is 5.75. The van der Waals surface area contributed by atoms with E-state index in [1.807, 2.05) is 42.5 Å².